The molecule has 9 heteroatoms. The van der Waals surface area contributed by atoms with E-state index in [1.54, 1.807) is 24.3 Å². The third-order valence-electron chi connectivity index (χ3n) is 7.38. The van der Waals surface area contributed by atoms with Gasteiger partial charge >= 0.3 is 0 Å². The normalized spacial score (nSPS) is 29.6. The van der Waals surface area contributed by atoms with Gasteiger partial charge in [0.2, 0.25) is 5.92 Å². The Morgan fingerprint density at radius 1 is 0.944 bits per heavy atom. The highest BCUT2D eigenvalue weighted by molar-refractivity contribution is 5.35. The smallest absolute Gasteiger partial charge is 0.248 e. The molecule has 1 heterocycles. The van der Waals surface area contributed by atoms with Crippen molar-refractivity contribution in [3.63, 3.8) is 0 Å². The van der Waals surface area contributed by atoms with Crippen LogP contribution >= 0.6 is 0 Å². The van der Waals surface area contributed by atoms with E-state index >= 15 is 0 Å². The number of alkyl halides is 2. The lowest BCUT2D eigenvalue weighted by atomic mass is 9.75. The molecule has 6 nitrogen and oxygen atoms in total. The maximum Gasteiger partial charge on any atom is 0.248 e. The zero-order valence-electron chi connectivity index (χ0n) is 20.1. The Hall–Kier alpha value is -2.17. The summed E-state index contributed by atoms with van der Waals surface area (Å²) in [5.41, 5.74) is 1.26. The van der Waals surface area contributed by atoms with Crippen LogP contribution in [0.4, 0.5) is 13.2 Å². The van der Waals surface area contributed by atoms with Gasteiger partial charge in [-0.2, -0.15) is 0 Å². The number of aliphatic hydroxyl groups excluding tert-OH is 4. The van der Waals surface area contributed by atoms with Gasteiger partial charge in [0.05, 0.1) is 13.2 Å². The van der Waals surface area contributed by atoms with E-state index in [2.05, 4.69) is 0 Å². The molecule has 2 aromatic rings. The lowest BCUT2D eigenvalue weighted by Crippen LogP contribution is -2.55. The first-order valence-corrected chi connectivity index (χ1v) is 12.2. The maximum atomic E-state index is 14.6. The van der Waals surface area contributed by atoms with Crippen LogP contribution < -0.4 is 4.74 Å². The van der Waals surface area contributed by atoms with Crippen molar-refractivity contribution in [3.8, 4) is 5.75 Å². The molecule has 1 unspecified atom stereocenters. The third kappa shape index (κ3) is 6.03. The third-order valence-corrected chi connectivity index (χ3v) is 7.38. The molecule has 0 amide bonds. The highest BCUT2D eigenvalue weighted by Gasteiger charge is 2.44. The van der Waals surface area contributed by atoms with Crippen molar-refractivity contribution in [2.24, 2.45) is 5.41 Å². The van der Waals surface area contributed by atoms with Crippen molar-refractivity contribution < 1.29 is 43.1 Å². The molecular weight excluding hydrogens is 477 g/mol. The van der Waals surface area contributed by atoms with Gasteiger partial charge in [0.25, 0.3) is 0 Å². The van der Waals surface area contributed by atoms with Gasteiger partial charge in [-0.3, -0.25) is 0 Å². The highest BCUT2D eigenvalue weighted by Crippen LogP contribution is 2.43. The Labute approximate surface area is 208 Å². The zero-order valence-corrected chi connectivity index (χ0v) is 20.1. The van der Waals surface area contributed by atoms with Crippen LogP contribution in [0.15, 0.2) is 42.5 Å². The molecule has 1 saturated carbocycles. The summed E-state index contributed by atoms with van der Waals surface area (Å²) in [6, 6.07) is 11.3. The van der Waals surface area contributed by atoms with Crippen LogP contribution in [0.3, 0.4) is 0 Å². The summed E-state index contributed by atoms with van der Waals surface area (Å²) in [5.74, 6) is -2.44. The summed E-state index contributed by atoms with van der Waals surface area (Å²) in [6.45, 7) is 1.76. The predicted molar refractivity (Wildman–Crippen MR) is 125 cm³/mol. The Bertz CT molecular complexity index is 1020. The molecule has 4 rings (SSSR count). The van der Waals surface area contributed by atoms with E-state index in [-0.39, 0.29) is 24.7 Å². The van der Waals surface area contributed by atoms with Crippen molar-refractivity contribution in [3.05, 3.63) is 65.0 Å². The van der Waals surface area contributed by atoms with Crippen LogP contribution in [0.1, 0.15) is 55.4 Å². The lowest BCUT2D eigenvalue weighted by molar-refractivity contribution is -0.231. The fourth-order valence-corrected chi connectivity index (χ4v) is 4.83. The number of hydrogen-bond acceptors (Lipinski definition) is 6. The molecule has 2 aromatic carbocycles. The van der Waals surface area contributed by atoms with Gasteiger partial charge < -0.3 is 29.9 Å². The second-order valence-corrected chi connectivity index (χ2v) is 10.4. The second kappa shape index (κ2) is 10.7. The molecule has 198 valence electrons. The van der Waals surface area contributed by atoms with Gasteiger partial charge in [-0.25, -0.2) is 13.2 Å². The fourth-order valence-electron chi connectivity index (χ4n) is 4.83. The van der Waals surface area contributed by atoms with Crippen LogP contribution in [0.25, 0.3) is 0 Å². The summed E-state index contributed by atoms with van der Waals surface area (Å²) < 4.78 is 53.0. The lowest BCUT2D eigenvalue weighted by Gasteiger charge is -2.40. The highest BCUT2D eigenvalue weighted by atomic mass is 19.3. The molecule has 0 aromatic heterocycles. The minimum Gasteiger partial charge on any atom is -0.493 e. The van der Waals surface area contributed by atoms with Gasteiger partial charge in [0.1, 0.15) is 42.1 Å². The Morgan fingerprint density at radius 3 is 2.25 bits per heavy atom. The van der Waals surface area contributed by atoms with E-state index in [0.717, 1.165) is 5.56 Å². The van der Waals surface area contributed by atoms with Gasteiger partial charge in [-0.05, 0) is 53.8 Å². The number of aliphatic hydroxyl groups is 4. The first-order chi connectivity index (χ1) is 17.0. The molecule has 0 radical (unpaired) electrons. The Morgan fingerprint density at radius 2 is 1.61 bits per heavy atom. The largest absolute Gasteiger partial charge is 0.493 e. The van der Waals surface area contributed by atoms with E-state index < -0.39 is 48.9 Å². The van der Waals surface area contributed by atoms with E-state index in [9.17, 15) is 33.6 Å². The number of ether oxygens (including phenoxy) is 2. The maximum absolute atomic E-state index is 14.6. The Balaban J connectivity index is 1.41. The molecule has 0 spiro atoms. The molecule has 4 N–H and O–H groups in total. The summed E-state index contributed by atoms with van der Waals surface area (Å²) in [6.07, 6.45) is -5.74. The van der Waals surface area contributed by atoms with E-state index in [0.29, 0.717) is 36.3 Å². The van der Waals surface area contributed by atoms with Crippen molar-refractivity contribution >= 4 is 0 Å². The fraction of sp³-hybridized carbons (Fsp3) is 0.556. The molecule has 2 aliphatic rings. The average molecular weight is 511 g/mol. The zero-order chi connectivity index (χ0) is 26.1. The van der Waals surface area contributed by atoms with Crippen LogP contribution in [0.5, 0.6) is 5.75 Å². The average Bonchev–Trinajstić information content (AvgIpc) is 2.86. The second-order valence-electron chi connectivity index (χ2n) is 10.4. The van der Waals surface area contributed by atoms with Crippen molar-refractivity contribution in [2.75, 3.05) is 13.2 Å². The standard InChI is InChI=1S/C27H33F3O6/c1-26(8-10-27(29,30)11-9-26)15-35-19-5-2-16(3-6-19)12-18-13-17(4-7-20(18)28)25-24(34)23(33)22(32)21(14-31)36-25/h2-7,13,21-25,31-34H,8-12,14-15H2,1H3/t21-,22-,23+,24-,25?/m1/s1. The van der Waals surface area contributed by atoms with E-state index in [1.807, 2.05) is 6.92 Å². The van der Waals surface area contributed by atoms with Gasteiger partial charge in [-0.1, -0.05) is 25.1 Å². The quantitative estimate of drug-likeness (QED) is 0.455. The summed E-state index contributed by atoms with van der Waals surface area (Å²) in [4.78, 5) is 0. The first kappa shape index (κ1) is 26.9. The van der Waals surface area contributed by atoms with E-state index in [4.69, 9.17) is 9.47 Å². The number of hydrogen-bond donors (Lipinski definition) is 4. The van der Waals surface area contributed by atoms with Gasteiger partial charge in [0.15, 0.2) is 0 Å². The summed E-state index contributed by atoms with van der Waals surface area (Å²) >= 11 is 0. The molecule has 0 bridgehead atoms. The molecule has 36 heavy (non-hydrogen) atoms. The summed E-state index contributed by atoms with van der Waals surface area (Å²) in [5, 5.41) is 39.9. The van der Waals surface area contributed by atoms with Crippen LogP contribution in [0.2, 0.25) is 0 Å². The monoisotopic (exact) mass is 510 g/mol. The Kier molecular flexibility index (Phi) is 7.97. The molecular formula is C27H33F3O6. The first-order valence-electron chi connectivity index (χ1n) is 12.2. The van der Waals surface area contributed by atoms with Crippen molar-refractivity contribution in [1.29, 1.82) is 0 Å². The minimum atomic E-state index is -2.59. The number of benzene rings is 2. The van der Waals surface area contributed by atoms with Crippen LogP contribution in [-0.2, 0) is 11.2 Å². The molecule has 1 saturated heterocycles. The van der Waals surface area contributed by atoms with Crippen molar-refractivity contribution in [1.82, 2.24) is 0 Å². The number of halogens is 3. The number of rotatable bonds is 7. The molecule has 1 aliphatic heterocycles. The van der Waals surface area contributed by atoms with Crippen molar-refractivity contribution in [2.45, 2.75) is 75.5 Å². The molecule has 2 fully saturated rings. The minimum absolute atomic E-state index is 0.125. The topological polar surface area (TPSA) is 99.4 Å². The predicted octanol–water partition coefficient (Wildman–Crippen LogP) is 3.53. The summed E-state index contributed by atoms with van der Waals surface area (Å²) in [7, 11) is 0. The van der Waals surface area contributed by atoms with Crippen LogP contribution in [0, 0.1) is 11.2 Å². The van der Waals surface area contributed by atoms with Gasteiger partial charge in [-0.15, -0.1) is 0 Å². The van der Waals surface area contributed by atoms with Gasteiger partial charge in [0, 0.05) is 24.7 Å². The van der Waals surface area contributed by atoms with E-state index in [1.165, 1.54) is 18.2 Å². The van der Waals surface area contributed by atoms with Crippen LogP contribution in [-0.4, -0.2) is 64.0 Å². The SMILES string of the molecule is CC1(COc2ccc(Cc3cc(C4O[C@H](CO)[C@@H](O)[C@H](O)[C@H]4O)ccc3F)cc2)CCC(F)(F)CC1. The molecule has 5 atom stereocenters. The molecule has 1 aliphatic carbocycles.